The summed E-state index contributed by atoms with van der Waals surface area (Å²) in [5.74, 6) is -0.163. The summed E-state index contributed by atoms with van der Waals surface area (Å²) in [5.41, 5.74) is 1.88. The first kappa shape index (κ1) is 18.6. The van der Waals surface area contributed by atoms with Crippen LogP contribution in [0.3, 0.4) is 0 Å². The average Bonchev–Trinajstić information content (AvgIpc) is 2.74. The lowest BCUT2D eigenvalue weighted by Crippen LogP contribution is -2.17. The molecule has 7 nitrogen and oxygen atoms in total. The third-order valence-corrected chi connectivity index (χ3v) is 3.85. The molecule has 2 N–H and O–H groups in total. The summed E-state index contributed by atoms with van der Waals surface area (Å²) in [4.78, 5) is 28.9. The van der Waals surface area contributed by atoms with Crippen molar-refractivity contribution in [2.45, 2.75) is 0 Å². The summed E-state index contributed by atoms with van der Waals surface area (Å²) in [6, 6.07) is 18.4. The molecule has 1 aromatic heterocycles. The van der Waals surface area contributed by atoms with Crippen LogP contribution in [0.15, 0.2) is 66.9 Å². The lowest BCUT2D eigenvalue weighted by molar-refractivity contribution is 0.102. The number of rotatable bonds is 5. The molecule has 1 heterocycles. The maximum absolute atomic E-state index is 12.4. The number of methoxy groups -OCH3 is 1. The number of benzene rings is 2. The Hall–Kier alpha value is -4.18. The highest BCUT2D eigenvalue weighted by atomic mass is 16.5. The van der Waals surface area contributed by atoms with Gasteiger partial charge in [0.2, 0.25) is 0 Å². The Balaban J connectivity index is 1.72. The van der Waals surface area contributed by atoms with Gasteiger partial charge in [0, 0.05) is 23.1 Å². The Morgan fingerprint density at radius 1 is 0.964 bits per heavy atom. The maximum Gasteiger partial charge on any atom is 0.274 e. The monoisotopic (exact) mass is 372 g/mol. The number of hydrogen-bond donors (Lipinski definition) is 2. The minimum atomic E-state index is -0.478. The van der Waals surface area contributed by atoms with Crippen molar-refractivity contribution in [2.75, 3.05) is 17.7 Å². The second-order valence-electron chi connectivity index (χ2n) is 5.76. The molecule has 138 valence electrons. The van der Waals surface area contributed by atoms with E-state index in [4.69, 9.17) is 10.00 Å². The molecule has 0 radical (unpaired) electrons. The molecule has 0 spiro atoms. The van der Waals surface area contributed by atoms with Gasteiger partial charge in [-0.2, -0.15) is 5.26 Å². The highest BCUT2D eigenvalue weighted by molar-refractivity contribution is 6.07. The number of ether oxygens (including phenoxy) is 1. The fourth-order valence-corrected chi connectivity index (χ4v) is 2.44. The van der Waals surface area contributed by atoms with Crippen LogP contribution in [0.5, 0.6) is 5.75 Å². The molecule has 2 amide bonds. The van der Waals surface area contributed by atoms with Crippen LogP contribution in [0.2, 0.25) is 0 Å². The van der Waals surface area contributed by atoms with Crippen molar-refractivity contribution in [2.24, 2.45) is 0 Å². The first-order valence-electron chi connectivity index (χ1n) is 8.32. The quantitative estimate of drug-likeness (QED) is 0.714. The van der Waals surface area contributed by atoms with E-state index in [0.29, 0.717) is 28.3 Å². The number of hydrogen-bond acceptors (Lipinski definition) is 5. The van der Waals surface area contributed by atoms with Gasteiger partial charge in [0.1, 0.15) is 11.4 Å². The number of nitriles is 1. The number of aromatic nitrogens is 1. The van der Waals surface area contributed by atoms with Crippen LogP contribution >= 0.6 is 0 Å². The Morgan fingerprint density at radius 3 is 2.43 bits per heavy atom. The molecule has 28 heavy (non-hydrogen) atoms. The van der Waals surface area contributed by atoms with Gasteiger partial charge in [0.05, 0.1) is 18.7 Å². The summed E-state index contributed by atoms with van der Waals surface area (Å²) in [5, 5.41) is 14.3. The minimum Gasteiger partial charge on any atom is -0.497 e. The van der Waals surface area contributed by atoms with E-state index in [2.05, 4.69) is 15.6 Å². The van der Waals surface area contributed by atoms with Gasteiger partial charge >= 0.3 is 0 Å². The molecule has 0 saturated carbocycles. The van der Waals surface area contributed by atoms with Crippen LogP contribution in [0, 0.1) is 11.3 Å². The second kappa shape index (κ2) is 8.47. The fraction of sp³-hybridized carbons (Fsp3) is 0.0476. The fourth-order valence-electron chi connectivity index (χ4n) is 2.44. The van der Waals surface area contributed by atoms with Crippen LogP contribution < -0.4 is 15.4 Å². The average molecular weight is 372 g/mol. The van der Waals surface area contributed by atoms with E-state index < -0.39 is 5.91 Å². The number of amides is 2. The van der Waals surface area contributed by atoms with Crippen LogP contribution in [0.4, 0.5) is 11.4 Å². The maximum atomic E-state index is 12.4. The summed E-state index contributed by atoms with van der Waals surface area (Å²) in [6.07, 6.45) is 1.39. The van der Waals surface area contributed by atoms with Gasteiger partial charge in [-0.3, -0.25) is 14.6 Å². The highest BCUT2D eigenvalue weighted by Gasteiger charge is 2.13. The first-order valence-corrected chi connectivity index (χ1v) is 8.32. The zero-order valence-corrected chi connectivity index (χ0v) is 15.0. The Labute approximate surface area is 161 Å². The Morgan fingerprint density at radius 2 is 1.71 bits per heavy atom. The lowest BCUT2D eigenvalue weighted by Gasteiger charge is -2.08. The number of carbonyl (C=O) groups is 2. The molecule has 0 saturated heterocycles. The van der Waals surface area contributed by atoms with Crippen molar-refractivity contribution in [3.8, 4) is 11.8 Å². The predicted octanol–water partition coefficient (Wildman–Crippen LogP) is 3.47. The van der Waals surface area contributed by atoms with Gasteiger partial charge in [0.25, 0.3) is 11.8 Å². The zero-order valence-electron chi connectivity index (χ0n) is 15.0. The van der Waals surface area contributed by atoms with Gasteiger partial charge in [0.15, 0.2) is 0 Å². The van der Waals surface area contributed by atoms with Crippen molar-refractivity contribution in [1.29, 1.82) is 5.26 Å². The summed E-state index contributed by atoms with van der Waals surface area (Å²) < 4.78 is 5.08. The van der Waals surface area contributed by atoms with Crippen LogP contribution in [-0.4, -0.2) is 23.9 Å². The molecular formula is C21H16N4O3. The molecule has 0 fully saturated rings. The summed E-state index contributed by atoms with van der Waals surface area (Å²) in [7, 11) is 1.56. The van der Waals surface area contributed by atoms with Crippen molar-refractivity contribution in [1.82, 2.24) is 4.98 Å². The van der Waals surface area contributed by atoms with E-state index in [1.165, 1.54) is 18.3 Å². The molecule has 0 unspecified atom stereocenters. The lowest BCUT2D eigenvalue weighted by atomic mass is 10.2. The van der Waals surface area contributed by atoms with Gasteiger partial charge in [-0.15, -0.1) is 0 Å². The van der Waals surface area contributed by atoms with E-state index in [0.717, 1.165) is 0 Å². The van der Waals surface area contributed by atoms with Crippen molar-refractivity contribution in [3.63, 3.8) is 0 Å². The van der Waals surface area contributed by atoms with Crippen LogP contribution in [-0.2, 0) is 0 Å². The molecule has 2 aromatic carbocycles. The number of pyridine rings is 1. The molecule has 3 aromatic rings. The number of carbonyl (C=O) groups excluding carboxylic acids is 2. The summed E-state index contributed by atoms with van der Waals surface area (Å²) in [6.45, 7) is 0. The topological polar surface area (TPSA) is 104 Å². The predicted molar refractivity (Wildman–Crippen MR) is 104 cm³/mol. The van der Waals surface area contributed by atoms with Crippen LogP contribution in [0.25, 0.3) is 0 Å². The van der Waals surface area contributed by atoms with Gasteiger partial charge < -0.3 is 15.4 Å². The van der Waals surface area contributed by atoms with Gasteiger partial charge in [-0.1, -0.05) is 6.07 Å². The number of anilines is 2. The Kier molecular flexibility index (Phi) is 5.63. The van der Waals surface area contributed by atoms with E-state index in [1.807, 2.05) is 6.07 Å². The Bertz CT molecular complexity index is 1060. The third-order valence-electron chi connectivity index (χ3n) is 3.85. The second-order valence-corrected chi connectivity index (χ2v) is 5.76. The highest BCUT2D eigenvalue weighted by Crippen LogP contribution is 2.16. The zero-order chi connectivity index (χ0) is 19.9. The SMILES string of the molecule is COc1ccc(NC(=O)c2ccnc(C(=O)Nc3cccc(C#N)c3)c2)cc1. The standard InChI is InChI=1S/C21H16N4O3/c1-28-18-7-5-16(6-8-18)24-20(26)15-9-10-23-19(12-15)21(27)25-17-4-2-3-14(11-17)13-22/h2-12H,1H3,(H,24,26)(H,25,27). The van der Waals surface area contributed by atoms with Crippen LogP contribution in [0.1, 0.15) is 26.4 Å². The molecule has 0 aliphatic carbocycles. The third kappa shape index (κ3) is 4.51. The van der Waals surface area contributed by atoms with Gasteiger partial charge in [-0.05, 0) is 54.6 Å². The van der Waals surface area contributed by atoms with Gasteiger partial charge in [-0.25, -0.2) is 0 Å². The van der Waals surface area contributed by atoms with E-state index >= 15 is 0 Å². The molecule has 0 aliphatic heterocycles. The molecule has 0 bridgehead atoms. The normalized spacial score (nSPS) is 9.86. The molecule has 0 aliphatic rings. The number of nitrogens with zero attached hydrogens (tertiary/aromatic N) is 2. The van der Waals surface area contributed by atoms with E-state index in [9.17, 15) is 9.59 Å². The largest absolute Gasteiger partial charge is 0.497 e. The smallest absolute Gasteiger partial charge is 0.274 e. The summed E-state index contributed by atoms with van der Waals surface area (Å²) >= 11 is 0. The van der Waals surface area contributed by atoms with Crippen molar-refractivity contribution in [3.05, 3.63) is 83.7 Å². The van der Waals surface area contributed by atoms with E-state index in [-0.39, 0.29) is 11.6 Å². The first-order chi connectivity index (χ1) is 13.6. The minimum absolute atomic E-state index is 0.0877. The van der Waals surface area contributed by atoms with E-state index in [1.54, 1.807) is 55.6 Å². The van der Waals surface area contributed by atoms with Crippen molar-refractivity contribution >= 4 is 23.2 Å². The number of nitrogens with one attached hydrogen (secondary N) is 2. The molecule has 0 atom stereocenters. The molecular weight excluding hydrogens is 356 g/mol. The molecule has 3 rings (SSSR count). The molecule has 7 heteroatoms. The van der Waals surface area contributed by atoms with Crippen molar-refractivity contribution < 1.29 is 14.3 Å².